The Balaban J connectivity index is 2.53. The topological polar surface area (TPSA) is 26.3 Å². The van der Waals surface area contributed by atoms with Gasteiger partial charge in [0.2, 0.25) is 0 Å². The van der Waals surface area contributed by atoms with Crippen LogP contribution in [0.5, 0.6) is 0 Å². The highest BCUT2D eigenvalue weighted by atomic mass is 28.4. The SMILES string of the molecule is CC1(CO[Si](C)(C)C(C)(C)C)CCC(=O)CC1. The van der Waals surface area contributed by atoms with Gasteiger partial charge in [0, 0.05) is 19.4 Å². The minimum Gasteiger partial charge on any atom is -0.416 e. The third-order valence-corrected chi connectivity index (χ3v) is 9.08. The van der Waals surface area contributed by atoms with Crippen molar-refractivity contribution in [2.45, 2.75) is 71.5 Å². The molecule has 0 bridgehead atoms. The molecule has 17 heavy (non-hydrogen) atoms. The smallest absolute Gasteiger partial charge is 0.192 e. The van der Waals surface area contributed by atoms with Gasteiger partial charge in [-0.1, -0.05) is 27.7 Å². The molecule has 0 N–H and O–H groups in total. The monoisotopic (exact) mass is 256 g/mol. The Hall–Kier alpha value is -0.153. The van der Waals surface area contributed by atoms with Crippen LogP contribution in [-0.4, -0.2) is 20.7 Å². The van der Waals surface area contributed by atoms with Gasteiger partial charge in [0.15, 0.2) is 8.32 Å². The third kappa shape index (κ3) is 3.92. The fraction of sp³-hybridized carbons (Fsp3) is 0.929. The molecule has 0 radical (unpaired) electrons. The molecule has 1 rings (SSSR count). The van der Waals surface area contributed by atoms with Crippen molar-refractivity contribution in [2.24, 2.45) is 5.41 Å². The summed E-state index contributed by atoms with van der Waals surface area (Å²) in [5, 5.41) is 0.272. The second kappa shape index (κ2) is 4.85. The van der Waals surface area contributed by atoms with Gasteiger partial charge in [-0.2, -0.15) is 0 Å². The Kier molecular flexibility index (Phi) is 4.25. The highest BCUT2D eigenvalue weighted by molar-refractivity contribution is 6.74. The van der Waals surface area contributed by atoms with Crippen molar-refractivity contribution in [2.75, 3.05) is 6.61 Å². The van der Waals surface area contributed by atoms with Crippen molar-refractivity contribution in [3.8, 4) is 0 Å². The molecular weight excluding hydrogens is 228 g/mol. The van der Waals surface area contributed by atoms with E-state index in [9.17, 15) is 4.79 Å². The van der Waals surface area contributed by atoms with Crippen molar-refractivity contribution >= 4 is 14.1 Å². The van der Waals surface area contributed by atoms with Crippen LogP contribution in [0, 0.1) is 5.41 Å². The third-order valence-electron chi connectivity index (χ3n) is 4.60. The molecule has 0 amide bonds. The maximum absolute atomic E-state index is 11.3. The average molecular weight is 256 g/mol. The lowest BCUT2D eigenvalue weighted by molar-refractivity contribution is -0.122. The lowest BCUT2D eigenvalue weighted by Crippen LogP contribution is -2.44. The van der Waals surface area contributed by atoms with Crippen LogP contribution in [0.1, 0.15) is 53.4 Å². The van der Waals surface area contributed by atoms with Crippen molar-refractivity contribution in [1.29, 1.82) is 0 Å². The van der Waals surface area contributed by atoms with Crippen LogP contribution in [0.25, 0.3) is 0 Å². The van der Waals surface area contributed by atoms with Gasteiger partial charge < -0.3 is 4.43 Å². The Morgan fingerprint density at radius 3 is 2.12 bits per heavy atom. The van der Waals surface area contributed by atoms with Crippen LogP contribution in [0.4, 0.5) is 0 Å². The summed E-state index contributed by atoms with van der Waals surface area (Å²) in [7, 11) is -1.64. The van der Waals surface area contributed by atoms with Gasteiger partial charge in [0.25, 0.3) is 0 Å². The lowest BCUT2D eigenvalue weighted by Gasteiger charge is -2.41. The molecule has 0 saturated heterocycles. The number of hydrogen-bond donors (Lipinski definition) is 0. The summed E-state index contributed by atoms with van der Waals surface area (Å²) in [6.07, 6.45) is 3.50. The van der Waals surface area contributed by atoms with E-state index in [0.29, 0.717) is 5.78 Å². The van der Waals surface area contributed by atoms with E-state index in [1.165, 1.54) is 0 Å². The normalized spacial score (nSPS) is 21.6. The molecule has 0 spiro atoms. The van der Waals surface area contributed by atoms with Crippen molar-refractivity contribution in [3.63, 3.8) is 0 Å². The van der Waals surface area contributed by atoms with Gasteiger partial charge in [-0.3, -0.25) is 4.79 Å². The minimum atomic E-state index is -1.64. The van der Waals surface area contributed by atoms with E-state index in [-0.39, 0.29) is 10.5 Å². The molecule has 0 aromatic rings. The van der Waals surface area contributed by atoms with Gasteiger partial charge in [-0.25, -0.2) is 0 Å². The first kappa shape index (κ1) is 14.9. The molecular formula is C14H28O2Si. The van der Waals surface area contributed by atoms with Gasteiger partial charge in [-0.15, -0.1) is 0 Å². The summed E-state index contributed by atoms with van der Waals surface area (Å²) >= 11 is 0. The Morgan fingerprint density at radius 2 is 1.71 bits per heavy atom. The first-order valence-electron chi connectivity index (χ1n) is 6.71. The van der Waals surface area contributed by atoms with Crippen LogP contribution in [0.3, 0.4) is 0 Å². The second-order valence-corrected chi connectivity index (χ2v) is 12.2. The zero-order chi connectivity index (χ0) is 13.3. The molecule has 0 heterocycles. The van der Waals surface area contributed by atoms with E-state index in [0.717, 1.165) is 32.3 Å². The van der Waals surface area contributed by atoms with Crippen molar-refractivity contribution < 1.29 is 9.22 Å². The highest BCUT2D eigenvalue weighted by Gasteiger charge is 2.40. The summed E-state index contributed by atoms with van der Waals surface area (Å²) < 4.78 is 6.30. The highest BCUT2D eigenvalue weighted by Crippen LogP contribution is 2.40. The van der Waals surface area contributed by atoms with Crippen LogP contribution < -0.4 is 0 Å². The van der Waals surface area contributed by atoms with E-state index < -0.39 is 8.32 Å². The van der Waals surface area contributed by atoms with Crippen LogP contribution in [0.2, 0.25) is 18.1 Å². The number of hydrogen-bond acceptors (Lipinski definition) is 2. The predicted octanol–water partition coefficient (Wildman–Crippen LogP) is 4.16. The maximum atomic E-state index is 11.3. The molecule has 0 unspecified atom stereocenters. The second-order valence-electron chi connectivity index (χ2n) is 7.40. The van der Waals surface area contributed by atoms with Crippen molar-refractivity contribution in [3.05, 3.63) is 0 Å². The molecule has 0 aromatic heterocycles. The summed E-state index contributed by atoms with van der Waals surface area (Å²) in [6, 6.07) is 0. The van der Waals surface area contributed by atoms with E-state index in [1.807, 2.05) is 0 Å². The lowest BCUT2D eigenvalue weighted by atomic mass is 9.76. The first-order chi connectivity index (χ1) is 7.56. The summed E-state index contributed by atoms with van der Waals surface area (Å²) in [6.45, 7) is 14.5. The molecule has 2 nitrogen and oxygen atoms in total. The van der Waals surface area contributed by atoms with Crippen LogP contribution in [0.15, 0.2) is 0 Å². The quantitative estimate of drug-likeness (QED) is 0.709. The zero-order valence-electron chi connectivity index (χ0n) is 12.4. The van der Waals surface area contributed by atoms with Gasteiger partial charge in [0.1, 0.15) is 5.78 Å². The van der Waals surface area contributed by atoms with Gasteiger partial charge in [0.05, 0.1) is 0 Å². The summed E-state index contributed by atoms with van der Waals surface area (Å²) in [5.74, 6) is 0.426. The number of Topliss-reactive ketones (excluding diaryl/α,β-unsaturated/α-hetero) is 1. The molecule has 1 fully saturated rings. The Morgan fingerprint density at radius 1 is 1.24 bits per heavy atom. The fourth-order valence-corrected chi connectivity index (χ4v) is 2.99. The predicted molar refractivity (Wildman–Crippen MR) is 74.7 cm³/mol. The molecule has 1 saturated carbocycles. The Labute approximate surface area is 107 Å². The minimum absolute atomic E-state index is 0.226. The molecule has 3 heteroatoms. The van der Waals surface area contributed by atoms with E-state index in [2.05, 4.69) is 40.8 Å². The number of carbonyl (C=O) groups is 1. The van der Waals surface area contributed by atoms with Crippen LogP contribution >= 0.6 is 0 Å². The largest absolute Gasteiger partial charge is 0.416 e. The molecule has 100 valence electrons. The number of carbonyl (C=O) groups excluding carboxylic acids is 1. The Bertz CT molecular complexity index is 279. The maximum Gasteiger partial charge on any atom is 0.192 e. The average Bonchev–Trinajstić information content (AvgIpc) is 2.19. The molecule has 1 aliphatic carbocycles. The number of ketones is 1. The van der Waals surface area contributed by atoms with E-state index in [4.69, 9.17) is 4.43 Å². The van der Waals surface area contributed by atoms with Crippen LogP contribution in [-0.2, 0) is 9.22 Å². The van der Waals surface area contributed by atoms with E-state index in [1.54, 1.807) is 0 Å². The summed E-state index contributed by atoms with van der Waals surface area (Å²) in [4.78, 5) is 11.3. The zero-order valence-corrected chi connectivity index (χ0v) is 13.4. The number of rotatable bonds is 3. The molecule has 0 atom stereocenters. The van der Waals surface area contributed by atoms with Crippen molar-refractivity contribution in [1.82, 2.24) is 0 Å². The molecule has 0 aromatic carbocycles. The molecule has 0 aliphatic heterocycles. The van der Waals surface area contributed by atoms with Gasteiger partial charge in [-0.05, 0) is 36.4 Å². The van der Waals surface area contributed by atoms with Gasteiger partial charge >= 0.3 is 0 Å². The fourth-order valence-electron chi connectivity index (χ4n) is 1.85. The molecule has 1 aliphatic rings. The first-order valence-corrected chi connectivity index (χ1v) is 9.62. The van der Waals surface area contributed by atoms with E-state index >= 15 is 0 Å². The summed E-state index contributed by atoms with van der Waals surface area (Å²) in [5.41, 5.74) is 0.226. The standard InChI is InChI=1S/C14H28O2Si/c1-13(2,3)17(5,6)16-11-14(4)9-7-12(15)8-10-14/h7-11H2,1-6H3.